The van der Waals surface area contributed by atoms with Crippen LogP contribution in [0.4, 0.5) is 0 Å². The molecular formula is C20H22N2O2S. The van der Waals surface area contributed by atoms with Crippen LogP contribution in [0.2, 0.25) is 0 Å². The van der Waals surface area contributed by atoms with Gasteiger partial charge in [0.2, 0.25) is 10.0 Å². The summed E-state index contributed by atoms with van der Waals surface area (Å²) in [6, 6.07) is 15.4. The maximum absolute atomic E-state index is 13.2. The van der Waals surface area contributed by atoms with E-state index in [9.17, 15) is 8.42 Å². The van der Waals surface area contributed by atoms with Gasteiger partial charge < -0.3 is 4.98 Å². The Kier molecular flexibility index (Phi) is 4.13. The molecular weight excluding hydrogens is 332 g/mol. The second-order valence-electron chi connectivity index (χ2n) is 6.74. The van der Waals surface area contributed by atoms with Crippen molar-refractivity contribution in [2.24, 2.45) is 0 Å². The van der Waals surface area contributed by atoms with Gasteiger partial charge in [-0.2, -0.15) is 4.31 Å². The van der Waals surface area contributed by atoms with Crippen molar-refractivity contribution in [1.29, 1.82) is 0 Å². The van der Waals surface area contributed by atoms with Gasteiger partial charge in [-0.3, -0.25) is 0 Å². The van der Waals surface area contributed by atoms with Gasteiger partial charge in [-0.1, -0.05) is 36.4 Å². The molecule has 0 aliphatic carbocycles. The summed E-state index contributed by atoms with van der Waals surface area (Å²) in [4.78, 5) is 3.72. The Hall–Kier alpha value is -2.11. The minimum absolute atomic E-state index is 0.0174. The quantitative estimate of drug-likeness (QED) is 0.773. The largest absolute Gasteiger partial charge is 0.361 e. The first-order valence-electron chi connectivity index (χ1n) is 8.70. The van der Waals surface area contributed by atoms with Crippen LogP contribution in [0.1, 0.15) is 24.0 Å². The SMILES string of the molecule is Cc1ccccc1S(=O)(=O)N1CCCC1Cc1c[nH]c2ccccc12. The van der Waals surface area contributed by atoms with Gasteiger partial charge >= 0.3 is 0 Å². The van der Waals surface area contributed by atoms with Crippen LogP contribution in [-0.2, 0) is 16.4 Å². The van der Waals surface area contributed by atoms with Crippen molar-refractivity contribution in [3.05, 3.63) is 65.9 Å². The molecule has 0 amide bonds. The van der Waals surface area contributed by atoms with Crippen molar-refractivity contribution in [2.75, 3.05) is 6.54 Å². The standard InChI is InChI=1S/C20H22N2O2S/c1-15-7-2-5-11-20(15)25(23,24)22-12-6-8-17(22)13-16-14-21-19-10-4-3-9-18(16)19/h2-5,7,9-11,14,17,21H,6,8,12-13H2,1H3. The Balaban J connectivity index is 1.66. The van der Waals surface area contributed by atoms with E-state index in [0.29, 0.717) is 11.4 Å². The molecule has 2 aromatic carbocycles. The van der Waals surface area contributed by atoms with Gasteiger partial charge in [0.05, 0.1) is 4.90 Å². The average Bonchev–Trinajstić information content (AvgIpc) is 3.23. The van der Waals surface area contributed by atoms with Crippen LogP contribution in [0.15, 0.2) is 59.6 Å². The molecule has 2 heterocycles. The van der Waals surface area contributed by atoms with Crippen molar-refractivity contribution in [2.45, 2.75) is 37.1 Å². The Labute approximate surface area is 148 Å². The molecule has 0 spiro atoms. The van der Waals surface area contributed by atoms with Gasteiger partial charge in [0.1, 0.15) is 0 Å². The van der Waals surface area contributed by atoms with Crippen molar-refractivity contribution in [3.63, 3.8) is 0 Å². The third-order valence-corrected chi connectivity index (χ3v) is 7.25. The number of aromatic amines is 1. The van der Waals surface area contributed by atoms with Gasteiger partial charge in [0.25, 0.3) is 0 Å². The summed E-state index contributed by atoms with van der Waals surface area (Å²) >= 11 is 0. The molecule has 1 aliphatic heterocycles. The highest BCUT2D eigenvalue weighted by Gasteiger charge is 2.36. The lowest BCUT2D eigenvalue weighted by Gasteiger charge is -2.24. The Morgan fingerprint density at radius 1 is 1.12 bits per heavy atom. The Morgan fingerprint density at radius 3 is 2.72 bits per heavy atom. The zero-order chi connectivity index (χ0) is 17.4. The maximum Gasteiger partial charge on any atom is 0.243 e. The number of fused-ring (bicyclic) bond motifs is 1. The van der Waals surface area contributed by atoms with E-state index in [2.05, 4.69) is 17.1 Å². The van der Waals surface area contributed by atoms with E-state index in [0.717, 1.165) is 30.3 Å². The first-order chi connectivity index (χ1) is 12.1. The van der Waals surface area contributed by atoms with Gasteiger partial charge in [-0.15, -0.1) is 0 Å². The molecule has 4 nitrogen and oxygen atoms in total. The van der Waals surface area contributed by atoms with Crippen molar-refractivity contribution in [3.8, 4) is 0 Å². The number of sulfonamides is 1. The van der Waals surface area contributed by atoms with Crippen LogP contribution in [0.3, 0.4) is 0 Å². The number of hydrogen-bond acceptors (Lipinski definition) is 2. The van der Waals surface area contributed by atoms with E-state index in [1.54, 1.807) is 16.4 Å². The lowest BCUT2D eigenvalue weighted by Crippen LogP contribution is -2.37. The summed E-state index contributed by atoms with van der Waals surface area (Å²) in [5.74, 6) is 0. The van der Waals surface area contributed by atoms with Crippen LogP contribution in [0.5, 0.6) is 0 Å². The number of nitrogens with one attached hydrogen (secondary N) is 1. The zero-order valence-corrected chi connectivity index (χ0v) is 15.1. The summed E-state index contributed by atoms with van der Waals surface area (Å²) in [5, 5.41) is 1.18. The topological polar surface area (TPSA) is 53.2 Å². The normalized spacial score (nSPS) is 18.8. The molecule has 1 saturated heterocycles. The molecule has 1 fully saturated rings. The number of aromatic nitrogens is 1. The molecule has 130 valence electrons. The molecule has 4 rings (SSSR count). The van der Waals surface area contributed by atoms with Crippen LogP contribution in [0.25, 0.3) is 10.9 Å². The predicted molar refractivity (Wildman–Crippen MR) is 100 cm³/mol. The Morgan fingerprint density at radius 2 is 1.88 bits per heavy atom. The van der Waals surface area contributed by atoms with Crippen LogP contribution in [-0.4, -0.2) is 30.3 Å². The predicted octanol–water partition coefficient (Wildman–Crippen LogP) is 3.87. The zero-order valence-electron chi connectivity index (χ0n) is 14.3. The molecule has 1 N–H and O–H groups in total. The van der Waals surface area contributed by atoms with E-state index >= 15 is 0 Å². The molecule has 1 aliphatic rings. The van der Waals surface area contributed by atoms with Crippen LogP contribution >= 0.6 is 0 Å². The van der Waals surface area contributed by atoms with E-state index in [1.165, 1.54) is 10.9 Å². The van der Waals surface area contributed by atoms with Gasteiger partial charge in [0, 0.05) is 29.7 Å². The molecule has 1 aromatic heterocycles. The number of hydrogen-bond donors (Lipinski definition) is 1. The fraction of sp³-hybridized carbons (Fsp3) is 0.300. The number of rotatable bonds is 4. The number of aryl methyl sites for hydroxylation is 1. The average molecular weight is 354 g/mol. The third-order valence-electron chi connectivity index (χ3n) is 5.13. The minimum Gasteiger partial charge on any atom is -0.361 e. The number of para-hydroxylation sites is 1. The first-order valence-corrected chi connectivity index (χ1v) is 10.1. The summed E-state index contributed by atoms with van der Waals surface area (Å²) < 4.78 is 28.1. The minimum atomic E-state index is -3.45. The van der Waals surface area contributed by atoms with E-state index in [-0.39, 0.29) is 6.04 Å². The van der Waals surface area contributed by atoms with E-state index in [4.69, 9.17) is 0 Å². The van der Waals surface area contributed by atoms with Gasteiger partial charge in [-0.05, 0) is 49.4 Å². The van der Waals surface area contributed by atoms with Crippen molar-refractivity contribution >= 4 is 20.9 Å². The molecule has 0 saturated carbocycles. The summed E-state index contributed by atoms with van der Waals surface area (Å²) in [6.45, 7) is 2.46. The molecule has 1 atom stereocenters. The molecule has 3 aromatic rings. The van der Waals surface area contributed by atoms with Crippen LogP contribution in [0, 0.1) is 6.92 Å². The molecule has 5 heteroatoms. The van der Waals surface area contributed by atoms with Gasteiger partial charge in [0.15, 0.2) is 0 Å². The summed E-state index contributed by atoms with van der Waals surface area (Å²) in [6.07, 6.45) is 4.58. The maximum atomic E-state index is 13.2. The fourth-order valence-corrected chi connectivity index (χ4v) is 5.78. The smallest absolute Gasteiger partial charge is 0.243 e. The summed E-state index contributed by atoms with van der Waals surface area (Å²) in [5.41, 5.74) is 3.09. The van der Waals surface area contributed by atoms with Crippen molar-refractivity contribution < 1.29 is 8.42 Å². The van der Waals surface area contributed by atoms with E-state index in [1.807, 2.05) is 37.4 Å². The van der Waals surface area contributed by atoms with Crippen LogP contribution < -0.4 is 0 Å². The summed E-state index contributed by atoms with van der Waals surface area (Å²) in [7, 11) is -3.45. The van der Waals surface area contributed by atoms with Crippen molar-refractivity contribution in [1.82, 2.24) is 9.29 Å². The molecule has 0 bridgehead atoms. The monoisotopic (exact) mass is 354 g/mol. The Bertz CT molecular complexity index is 1010. The number of nitrogens with zero attached hydrogens (tertiary/aromatic N) is 1. The lowest BCUT2D eigenvalue weighted by atomic mass is 10.0. The highest BCUT2D eigenvalue weighted by molar-refractivity contribution is 7.89. The molecule has 1 unspecified atom stereocenters. The highest BCUT2D eigenvalue weighted by atomic mass is 32.2. The third kappa shape index (κ3) is 2.87. The first kappa shape index (κ1) is 16.4. The number of H-pyrrole nitrogens is 1. The molecule has 0 radical (unpaired) electrons. The molecule has 25 heavy (non-hydrogen) atoms. The second kappa shape index (κ2) is 6.32. The fourth-order valence-electron chi connectivity index (χ4n) is 3.86. The second-order valence-corrected chi connectivity index (χ2v) is 8.60. The number of benzene rings is 2. The van der Waals surface area contributed by atoms with E-state index < -0.39 is 10.0 Å². The van der Waals surface area contributed by atoms with Gasteiger partial charge in [-0.25, -0.2) is 8.42 Å². The highest BCUT2D eigenvalue weighted by Crippen LogP contribution is 2.31. The lowest BCUT2D eigenvalue weighted by molar-refractivity contribution is 0.386.